The fraction of sp³-hybridized carbons (Fsp3) is 0.364. The van der Waals surface area contributed by atoms with Crippen LogP contribution in [-0.2, 0) is 17.6 Å². The molecule has 0 aliphatic carbocycles. The summed E-state index contributed by atoms with van der Waals surface area (Å²) in [4.78, 5) is 22.9. The maximum absolute atomic E-state index is 12.7. The summed E-state index contributed by atoms with van der Waals surface area (Å²) in [6.07, 6.45) is 3.34. The lowest BCUT2D eigenvalue weighted by molar-refractivity contribution is -0.131. The quantitative estimate of drug-likeness (QED) is 0.777. The predicted molar refractivity (Wildman–Crippen MR) is 104 cm³/mol. The van der Waals surface area contributed by atoms with Crippen LogP contribution in [0.3, 0.4) is 0 Å². The molecule has 0 unspecified atom stereocenters. The van der Waals surface area contributed by atoms with E-state index in [4.69, 9.17) is 9.72 Å². The van der Waals surface area contributed by atoms with Crippen LogP contribution < -0.4 is 4.74 Å². The van der Waals surface area contributed by atoms with E-state index in [9.17, 15) is 4.79 Å². The van der Waals surface area contributed by atoms with E-state index in [1.165, 1.54) is 5.56 Å². The van der Waals surface area contributed by atoms with Crippen LogP contribution in [0, 0.1) is 0 Å². The molecule has 1 N–H and O–H groups in total. The maximum Gasteiger partial charge on any atom is 0.226 e. The van der Waals surface area contributed by atoms with Gasteiger partial charge >= 0.3 is 0 Å². The number of carbonyl (C=O) groups is 1. The van der Waals surface area contributed by atoms with Gasteiger partial charge in [0.2, 0.25) is 5.91 Å². The van der Waals surface area contributed by atoms with Gasteiger partial charge in [-0.1, -0.05) is 24.3 Å². The minimum Gasteiger partial charge on any atom is -0.493 e. The molecule has 1 saturated heterocycles. The van der Waals surface area contributed by atoms with E-state index in [0.717, 1.165) is 67.1 Å². The molecule has 1 amide bonds. The average Bonchev–Trinajstić information content (AvgIpc) is 3.34. The van der Waals surface area contributed by atoms with E-state index < -0.39 is 0 Å². The molecule has 1 fully saturated rings. The third-order valence-electron chi connectivity index (χ3n) is 5.76. The van der Waals surface area contributed by atoms with Crippen LogP contribution in [-0.4, -0.2) is 40.5 Å². The Morgan fingerprint density at radius 1 is 1.19 bits per heavy atom. The van der Waals surface area contributed by atoms with Crippen molar-refractivity contribution >= 4 is 16.9 Å². The van der Waals surface area contributed by atoms with Crippen LogP contribution in [0.15, 0.2) is 42.5 Å². The largest absolute Gasteiger partial charge is 0.493 e. The van der Waals surface area contributed by atoms with E-state index in [1.807, 2.05) is 29.2 Å². The molecule has 2 aliphatic rings. The standard InChI is InChI=1S/C22H23N3O2/c26-21(14-15-5-6-16-9-12-27-20(16)13-15)25-10-7-17(8-11-25)22-23-18-3-1-2-4-19(18)24-22/h1-6,13,17H,7-12,14H2,(H,23,24). The summed E-state index contributed by atoms with van der Waals surface area (Å²) >= 11 is 0. The van der Waals surface area contributed by atoms with Gasteiger partial charge in [0.05, 0.1) is 24.1 Å². The molecular weight excluding hydrogens is 338 g/mol. The predicted octanol–water partition coefficient (Wildman–Crippen LogP) is 3.45. The van der Waals surface area contributed by atoms with Gasteiger partial charge in [0.15, 0.2) is 0 Å². The highest BCUT2D eigenvalue weighted by Crippen LogP contribution is 2.29. The topological polar surface area (TPSA) is 58.2 Å². The number of hydrogen-bond donors (Lipinski definition) is 1. The molecule has 0 bridgehead atoms. The number of aromatic amines is 1. The molecule has 5 nitrogen and oxygen atoms in total. The summed E-state index contributed by atoms with van der Waals surface area (Å²) in [6, 6.07) is 14.3. The first kappa shape index (κ1) is 16.4. The minimum absolute atomic E-state index is 0.205. The highest BCUT2D eigenvalue weighted by molar-refractivity contribution is 5.79. The Balaban J connectivity index is 1.21. The molecule has 1 aromatic heterocycles. The van der Waals surface area contributed by atoms with E-state index in [2.05, 4.69) is 23.2 Å². The molecule has 3 aromatic rings. The number of imidazole rings is 1. The van der Waals surface area contributed by atoms with Gasteiger partial charge in [-0.2, -0.15) is 0 Å². The van der Waals surface area contributed by atoms with Crippen molar-refractivity contribution in [2.45, 2.75) is 31.6 Å². The van der Waals surface area contributed by atoms with Gasteiger partial charge in [0.1, 0.15) is 11.6 Å². The first-order chi connectivity index (χ1) is 13.3. The van der Waals surface area contributed by atoms with Gasteiger partial charge in [0.25, 0.3) is 0 Å². The Morgan fingerprint density at radius 2 is 2.04 bits per heavy atom. The van der Waals surface area contributed by atoms with E-state index in [-0.39, 0.29) is 5.91 Å². The molecule has 0 saturated carbocycles. The third-order valence-corrected chi connectivity index (χ3v) is 5.76. The number of rotatable bonds is 3. The second kappa shape index (κ2) is 6.72. The molecule has 0 spiro atoms. The Hall–Kier alpha value is -2.82. The summed E-state index contributed by atoms with van der Waals surface area (Å²) in [5.41, 5.74) is 4.40. The van der Waals surface area contributed by atoms with Crippen LogP contribution in [0.25, 0.3) is 11.0 Å². The van der Waals surface area contributed by atoms with Crippen LogP contribution in [0.1, 0.15) is 35.7 Å². The summed E-state index contributed by atoms with van der Waals surface area (Å²) in [5, 5.41) is 0. The normalized spacial score (nSPS) is 17.1. The zero-order valence-corrected chi connectivity index (χ0v) is 15.3. The van der Waals surface area contributed by atoms with Crippen LogP contribution in [0.5, 0.6) is 5.75 Å². The number of H-pyrrole nitrogens is 1. The smallest absolute Gasteiger partial charge is 0.226 e. The lowest BCUT2D eigenvalue weighted by Crippen LogP contribution is -2.39. The number of amides is 1. The summed E-state index contributed by atoms with van der Waals surface area (Å²) < 4.78 is 5.62. The highest BCUT2D eigenvalue weighted by Gasteiger charge is 2.26. The SMILES string of the molecule is O=C(Cc1ccc2c(c1)OCC2)N1CCC(c2nc3ccccc3[nH]2)CC1. The first-order valence-electron chi connectivity index (χ1n) is 9.73. The van der Waals surface area contributed by atoms with E-state index >= 15 is 0 Å². The number of ether oxygens (including phenoxy) is 1. The molecule has 0 atom stereocenters. The number of fused-ring (bicyclic) bond motifs is 2. The summed E-state index contributed by atoms with van der Waals surface area (Å²) in [6.45, 7) is 2.34. The number of nitrogens with one attached hydrogen (secondary N) is 1. The molecule has 2 aliphatic heterocycles. The van der Waals surface area contributed by atoms with Crippen molar-refractivity contribution in [2.24, 2.45) is 0 Å². The van der Waals surface area contributed by atoms with Crippen molar-refractivity contribution in [1.29, 1.82) is 0 Å². The van der Waals surface area contributed by atoms with Crippen LogP contribution in [0.4, 0.5) is 0 Å². The van der Waals surface area contributed by atoms with E-state index in [0.29, 0.717) is 12.3 Å². The van der Waals surface area contributed by atoms with Gasteiger partial charge < -0.3 is 14.6 Å². The number of hydrogen-bond acceptors (Lipinski definition) is 3. The number of benzene rings is 2. The molecular formula is C22H23N3O2. The Morgan fingerprint density at radius 3 is 2.89 bits per heavy atom. The van der Waals surface area contributed by atoms with Gasteiger partial charge in [-0.25, -0.2) is 4.98 Å². The summed E-state index contributed by atoms with van der Waals surface area (Å²) in [7, 11) is 0. The van der Waals surface area contributed by atoms with Crippen molar-refractivity contribution in [3.8, 4) is 5.75 Å². The second-order valence-electron chi connectivity index (χ2n) is 7.51. The van der Waals surface area contributed by atoms with Gasteiger partial charge in [-0.3, -0.25) is 4.79 Å². The fourth-order valence-corrected chi connectivity index (χ4v) is 4.18. The van der Waals surface area contributed by atoms with Crippen molar-refractivity contribution in [1.82, 2.24) is 14.9 Å². The van der Waals surface area contributed by atoms with Gasteiger partial charge in [0, 0.05) is 25.4 Å². The minimum atomic E-state index is 0.205. The molecule has 138 valence electrons. The lowest BCUT2D eigenvalue weighted by Gasteiger charge is -2.31. The molecule has 2 aromatic carbocycles. The molecule has 0 radical (unpaired) electrons. The number of carbonyl (C=O) groups excluding carboxylic acids is 1. The average molecular weight is 361 g/mol. The Labute approximate surface area is 158 Å². The number of piperidine rings is 1. The number of nitrogens with zero attached hydrogens (tertiary/aromatic N) is 2. The first-order valence-corrected chi connectivity index (χ1v) is 9.73. The molecule has 5 heteroatoms. The molecule has 27 heavy (non-hydrogen) atoms. The van der Waals surface area contributed by atoms with Crippen LogP contribution in [0.2, 0.25) is 0 Å². The van der Waals surface area contributed by atoms with Gasteiger partial charge in [-0.05, 0) is 42.2 Å². The molecule has 5 rings (SSSR count). The fourth-order valence-electron chi connectivity index (χ4n) is 4.18. The third kappa shape index (κ3) is 3.18. The molecule has 3 heterocycles. The summed E-state index contributed by atoms with van der Waals surface area (Å²) in [5.74, 6) is 2.61. The van der Waals surface area contributed by atoms with Crippen molar-refractivity contribution in [3.63, 3.8) is 0 Å². The second-order valence-corrected chi connectivity index (χ2v) is 7.51. The number of para-hydroxylation sites is 2. The van der Waals surface area contributed by atoms with Crippen molar-refractivity contribution < 1.29 is 9.53 Å². The number of aromatic nitrogens is 2. The zero-order valence-electron chi connectivity index (χ0n) is 15.3. The van der Waals surface area contributed by atoms with Crippen molar-refractivity contribution in [2.75, 3.05) is 19.7 Å². The maximum atomic E-state index is 12.7. The van der Waals surface area contributed by atoms with Crippen molar-refractivity contribution in [3.05, 3.63) is 59.4 Å². The monoisotopic (exact) mass is 361 g/mol. The van der Waals surface area contributed by atoms with E-state index in [1.54, 1.807) is 0 Å². The van der Waals surface area contributed by atoms with Gasteiger partial charge in [-0.15, -0.1) is 0 Å². The zero-order chi connectivity index (χ0) is 18.2. The highest BCUT2D eigenvalue weighted by atomic mass is 16.5. The van der Waals surface area contributed by atoms with Crippen LogP contribution >= 0.6 is 0 Å². The lowest BCUT2D eigenvalue weighted by atomic mass is 9.95. The Bertz CT molecular complexity index is 953. The Kier molecular flexibility index (Phi) is 4.07. The number of likely N-dealkylation sites (tertiary alicyclic amines) is 1.